The number of carbonyl (C=O) groups excluding carboxylic acids is 1. The first-order valence-corrected chi connectivity index (χ1v) is 4.47. The van der Waals surface area contributed by atoms with Crippen LogP contribution in [0.2, 0.25) is 10.0 Å². The predicted octanol–water partition coefficient (Wildman–Crippen LogP) is 4.13. The van der Waals surface area contributed by atoms with Crippen molar-refractivity contribution in [1.29, 1.82) is 0 Å². The highest BCUT2D eigenvalue weighted by Gasteiger charge is 2.16. The van der Waals surface area contributed by atoms with Crippen LogP contribution in [0.15, 0.2) is 12.1 Å². The van der Waals surface area contributed by atoms with Crippen molar-refractivity contribution in [1.82, 2.24) is 0 Å². The summed E-state index contributed by atoms with van der Waals surface area (Å²) in [4.78, 5) is 11.0. The lowest BCUT2D eigenvalue weighted by atomic mass is 10.1. The lowest BCUT2D eigenvalue weighted by molar-refractivity contribution is 0.101. The maximum atomic E-state index is 12.3. The minimum atomic E-state index is -2.65. The first-order chi connectivity index (χ1) is 6.43. The number of rotatable bonds is 2. The van der Waals surface area contributed by atoms with Crippen LogP contribution < -0.4 is 0 Å². The lowest BCUT2D eigenvalue weighted by Crippen LogP contribution is -1.97. The van der Waals surface area contributed by atoms with E-state index in [0.717, 1.165) is 12.1 Å². The Morgan fingerprint density at radius 1 is 1.29 bits per heavy atom. The summed E-state index contributed by atoms with van der Waals surface area (Å²) in [5.41, 5.74) is -0.206. The fourth-order valence-corrected chi connectivity index (χ4v) is 1.83. The SMILES string of the molecule is CC(=O)c1c(Cl)cc(C(F)F)cc1Cl. The summed E-state index contributed by atoms with van der Waals surface area (Å²) >= 11 is 11.3. The molecule has 14 heavy (non-hydrogen) atoms. The van der Waals surface area contributed by atoms with Gasteiger partial charge in [-0.2, -0.15) is 0 Å². The fourth-order valence-electron chi connectivity index (χ4n) is 1.06. The van der Waals surface area contributed by atoms with Crippen molar-refractivity contribution in [2.75, 3.05) is 0 Å². The third kappa shape index (κ3) is 2.22. The van der Waals surface area contributed by atoms with E-state index in [1.807, 2.05) is 0 Å². The normalized spacial score (nSPS) is 10.7. The average molecular weight is 239 g/mol. The molecule has 0 aliphatic carbocycles. The summed E-state index contributed by atoms with van der Waals surface area (Å²) < 4.78 is 24.5. The van der Waals surface area contributed by atoms with Gasteiger partial charge in [0.25, 0.3) is 6.43 Å². The zero-order valence-corrected chi connectivity index (χ0v) is 8.66. The summed E-state index contributed by atoms with van der Waals surface area (Å²) in [5.74, 6) is -0.346. The summed E-state index contributed by atoms with van der Waals surface area (Å²) in [6, 6.07) is 2.10. The number of Topliss-reactive ketones (excluding diaryl/α,β-unsaturated/α-hetero) is 1. The standard InChI is InChI=1S/C9H6Cl2F2O/c1-4(14)8-6(10)2-5(9(12)13)3-7(8)11/h2-3,9H,1H3. The van der Waals surface area contributed by atoms with E-state index in [1.54, 1.807) is 0 Å². The molecule has 5 heteroatoms. The van der Waals surface area contributed by atoms with E-state index in [-0.39, 0.29) is 27.0 Å². The average Bonchev–Trinajstić information content (AvgIpc) is 2.01. The van der Waals surface area contributed by atoms with Crippen molar-refractivity contribution in [3.8, 4) is 0 Å². The smallest absolute Gasteiger partial charge is 0.263 e. The zero-order valence-electron chi connectivity index (χ0n) is 7.15. The molecule has 0 atom stereocenters. The van der Waals surface area contributed by atoms with Crippen molar-refractivity contribution in [2.45, 2.75) is 13.3 Å². The van der Waals surface area contributed by atoms with Crippen LogP contribution in [0.1, 0.15) is 29.3 Å². The Bertz CT molecular complexity index is 354. The van der Waals surface area contributed by atoms with Gasteiger partial charge in [-0.1, -0.05) is 23.2 Å². The maximum absolute atomic E-state index is 12.3. The molecule has 0 saturated heterocycles. The maximum Gasteiger partial charge on any atom is 0.263 e. The zero-order chi connectivity index (χ0) is 10.9. The van der Waals surface area contributed by atoms with Gasteiger partial charge in [-0.3, -0.25) is 4.79 Å². The number of ketones is 1. The Morgan fingerprint density at radius 3 is 2.00 bits per heavy atom. The van der Waals surface area contributed by atoms with Crippen LogP contribution in [-0.4, -0.2) is 5.78 Å². The van der Waals surface area contributed by atoms with Gasteiger partial charge in [0.05, 0.1) is 15.6 Å². The second kappa shape index (κ2) is 4.24. The van der Waals surface area contributed by atoms with E-state index in [4.69, 9.17) is 23.2 Å². The minimum Gasteiger partial charge on any atom is -0.294 e. The Labute approximate surface area is 89.6 Å². The third-order valence-corrected chi connectivity index (χ3v) is 2.26. The molecule has 1 nitrogen and oxygen atoms in total. The van der Waals surface area contributed by atoms with Crippen LogP contribution in [0.4, 0.5) is 8.78 Å². The van der Waals surface area contributed by atoms with Gasteiger partial charge >= 0.3 is 0 Å². The summed E-state index contributed by atoms with van der Waals surface area (Å²) in [5, 5.41) is -0.0828. The van der Waals surface area contributed by atoms with Crippen LogP contribution in [0.3, 0.4) is 0 Å². The van der Waals surface area contributed by atoms with Crippen molar-refractivity contribution in [3.63, 3.8) is 0 Å². The Kier molecular flexibility index (Phi) is 3.45. The first kappa shape index (κ1) is 11.4. The first-order valence-electron chi connectivity index (χ1n) is 3.71. The van der Waals surface area contributed by atoms with Gasteiger partial charge in [0.1, 0.15) is 0 Å². The van der Waals surface area contributed by atoms with Gasteiger partial charge in [0.15, 0.2) is 5.78 Å². The molecule has 0 fully saturated rings. The Hall–Kier alpha value is -0.670. The molecule has 76 valence electrons. The molecule has 0 radical (unpaired) electrons. The predicted molar refractivity (Wildman–Crippen MR) is 51.4 cm³/mol. The van der Waals surface area contributed by atoms with Gasteiger partial charge < -0.3 is 0 Å². The Morgan fingerprint density at radius 2 is 1.71 bits per heavy atom. The van der Waals surface area contributed by atoms with E-state index in [2.05, 4.69) is 0 Å². The van der Waals surface area contributed by atoms with E-state index >= 15 is 0 Å². The molecule has 0 aromatic heterocycles. The number of hydrogen-bond acceptors (Lipinski definition) is 1. The number of halogens is 4. The van der Waals surface area contributed by atoms with Gasteiger partial charge in [-0.05, 0) is 19.1 Å². The molecule has 1 aromatic carbocycles. The molecule has 0 unspecified atom stereocenters. The van der Waals surface area contributed by atoms with Crippen molar-refractivity contribution in [3.05, 3.63) is 33.3 Å². The van der Waals surface area contributed by atoms with E-state index in [1.165, 1.54) is 6.92 Å². The number of hydrogen-bond donors (Lipinski definition) is 0. The molecule has 0 spiro atoms. The molecular formula is C9H6Cl2F2O. The minimum absolute atomic E-state index is 0.0414. The van der Waals surface area contributed by atoms with Crippen molar-refractivity contribution >= 4 is 29.0 Å². The lowest BCUT2D eigenvalue weighted by Gasteiger charge is -2.06. The van der Waals surface area contributed by atoms with Crippen molar-refractivity contribution < 1.29 is 13.6 Å². The second-order valence-corrected chi connectivity index (χ2v) is 3.53. The molecule has 1 rings (SSSR count). The molecule has 0 amide bonds. The number of benzene rings is 1. The van der Waals surface area contributed by atoms with E-state index in [0.29, 0.717) is 0 Å². The van der Waals surface area contributed by atoms with Crippen LogP contribution >= 0.6 is 23.2 Å². The van der Waals surface area contributed by atoms with Gasteiger partial charge in [-0.15, -0.1) is 0 Å². The third-order valence-electron chi connectivity index (χ3n) is 1.67. The number of alkyl halides is 2. The topological polar surface area (TPSA) is 17.1 Å². The molecule has 0 heterocycles. The van der Waals surface area contributed by atoms with E-state index < -0.39 is 6.43 Å². The van der Waals surface area contributed by atoms with Gasteiger partial charge in [-0.25, -0.2) is 8.78 Å². The highest BCUT2D eigenvalue weighted by atomic mass is 35.5. The van der Waals surface area contributed by atoms with Crippen molar-refractivity contribution in [2.24, 2.45) is 0 Å². The molecule has 0 aliphatic rings. The number of carbonyl (C=O) groups is 1. The van der Waals surface area contributed by atoms with Crippen LogP contribution in [0.25, 0.3) is 0 Å². The molecule has 0 bridgehead atoms. The van der Waals surface area contributed by atoms with Crippen LogP contribution in [0, 0.1) is 0 Å². The molecular weight excluding hydrogens is 233 g/mol. The fraction of sp³-hybridized carbons (Fsp3) is 0.222. The molecule has 0 saturated carbocycles. The molecule has 0 N–H and O–H groups in total. The highest BCUT2D eigenvalue weighted by molar-refractivity contribution is 6.39. The largest absolute Gasteiger partial charge is 0.294 e. The van der Waals surface area contributed by atoms with Crippen LogP contribution in [0.5, 0.6) is 0 Å². The second-order valence-electron chi connectivity index (χ2n) is 2.72. The summed E-state index contributed by atoms with van der Waals surface area (Å²) in [6.45, 7) is 1.27. The van der Waals surface area contributed by atoms with E-state index in [9.17, 15) is 13.6 Å². The monoisotopic (exact) mass is 238 g/mol. The summed E-state index contributed by atoms with van der Waals surface area (Å²) in [6.07, 6.45) is -2.65. The quantitative estimate of drug-likeness (QED) is 0.709. The van der Waals surface area contributed by atoms with Gasteiger partial charge in [0.2, 0.25) is 0 Å². The molecule has 0 aliphatic heterocycles. The summed E-state index contributed by atoms with van der Waals surface area (Å²) in [7, 11) is 0. The molecule has 1 aromatic rings. The van der Waals surface area contributed by atoms with Gasteiger partial charge in [0, 0.05) is 5.56 Å². The highest BCUT2D eigenvalue weighted by Crippen LogP contribution is 2.31. The Balaban J connectivity index is 3.32. The van der Waals surface area contributed by atoms with Crippen LogP contribution in [-0.2, 0) is 0 Å².